The molecule has 0 unspecified atom stereocenters. The molecule has 152 valence electrons. The van der Waals surface area contributed by atoms with Crippen LogP contribution in [0, 0.1) is 5.92 Å². The van der Waals surface area contributed by atoms with Crippen molar-refractivity contribution in [2.75, 3.05) is 5.32 Å². The van der Waals surface area contributed by atoms with Gasteiger partial charge in [-0.3, -0.25) is 0 Å². The second-order valence-electron chi connectivity index (χ2n) is 7.76. The third-order valence-electron chi connectivity index (χ3n) is 4.84. The Morgan fingerprint density at radius 2 is 2.14 bits per heavy atom. The van der Waals surface area contributed by atoms with Crippen molar-refractivity contribution in [1.82, 2.24) is 9.97 Å². The molecule has 1 aliphatic carbocycles. The van der Waals surface area contributed by atoms with E-state index in [-0.39, 0.29) is 18.4 Å². The van der Waals surface area contributed by atoms with E-state index in [2.05, 4.69) is 24.1 Å². The average Bonchev–Trinajstić information content (AvgIpc) is 3.16. The first-order valence-electron chi connectivity index (χ1n) is 9.51. The van der Waals surface area contributed by atoms with Gasteiger partial charge in [-0.15, -0.1) is 35.1 Å². The van der Waals surface area contributed by atoms with Gasteiger partial charge in [0.1, 0.15) is 10.2 Å². The Morgan fingerprint density at radius 3 is 2.79 bits per heavy atom. The number of rotatable bonds is 8. The molecule has 0 bridgehead atoms. The van der Waals surface area contributed by atoms with E-state index in [0.29, 0.717) is 23.5 Å². The van der Waals surface area contributed by atoms with Gasteiger partial charge in [0, 0.05) is 28.6 Å². The Hall–Kier alpha value is -0.920. The molecule has 1 aliphatic rings. The smallest absolute Gasteiger partial charge is 0.131 e. The third kappa shape index (κ3) is 4.97. The fraction of sp³-hybridized carbons (Fsp3) is 0.500. The number of halogens is 2. The fourth-order valence-electron chi connectivity index (χ4n) is 3.61. The number of nitrogens with one attached hydrogen (secondary N) is 1. The van der Waals surface area contributed by atoms with Crippen LogP contribution in [0.5, 0.6) is 0 Å². The number of hydrogen-bond donors (Lipinski definition) is 2. The van der Waals surface area contributed by atoms with Crippen LogP contribution in [0.2, 0.25) is 5.15 Å². The number of thiazole rings is 1. The monoisotopic (exact) mass is 456 g/mol. The minimum atomic E-state index is 0. The number of fused-ring (bicyclic) bond motifs is 1. The molecule has 0 radical (unpaired) electrons. The molecule has 4 rings (SSSR count). The molecule has 3 aromatic heterocycles. The molecule has 0 aliphatic heterocycles. The molecule has 3 aromatic rings. The molecule has 1 atom stereocenters. The van der Waals surface area contributed by atoms with E-state index in [1.807, 2.05) is 29.0 Å². The highest BCUT2D eigenvalue weighted by molar-refractivity contribution is 7.20. The quantitative estimate of drug-likeness (QED) is 0.394. The molecule has 4 nitrogen and oxygen atoms in total. The van der Waals surface area contributed by atoms with Crippen LogP contribution in [-0.2, 0) is 13.0 Å². The highest BCUT2D eigenvalue weighted by Gasteiger charge is 2.31. The molecular formula is C20H26Cl2N4S2. The van der Waals surface area contributed by atoms with Gasteiger partial charge < -0.3 is 11.1 Å². The lowest BCUT2D eigenvalue weighted by molar-refractivity contribution is 0.494. The van der Waals surface area contributed by atoms with E-state index in [1.165, 1.54) is 28.0 Å². The summed E-state index contributed by atoms with van der Waals surface area (Å²) in [5.41, 5.74) is 9.97. The van der Waals surface area contributed by atoms with Crippen molar-refractivity contribution in [3.63, 3.8) is 0 Å². The van der Waals surface area contributed by atoms with Gasteiger partial charge in [0.25, 0.3) is 0 Å². The summed E-state index contributed by atoms with van der Waals surface area (Å²) in [6, 6.07) is 2.13. The SMILES string of the molecule is CC(C)C[C@H](N)Cc1sc2c(NCc3nccs3)cc(Cl)nc2c1C1CC1.Cl. The van der Waals surface area contributed by atoms with Crippen molar-refractivity contribution >= 4 is 62.6 Å². The van der Waals surface area contributed by atoms with Gasteiger partial charge in [-0.05, 0) is 43.1 Å². The van der Waals surface area contributed by atoms with E-state index in [9.17, 15) is 0 Å². The van der Waals surface area contributed by atoms with Crippen LogP contribution in [0.25, 0.3) is 10.2 Å². The first-order chi connectivity index (χ1) is 13.0. The van der Waals surface area contributed by atoms with Gasteiger partial charge in [-0.2, -0.15) is 0 Å². The zero-order valence-corrected chi connectivity index (χ0v) is 19.3. The number of thiophene rings is 1. The second kappa shape index (κ2) is 9.26. The Labute approximate surface area is 185 Å². The molecule has 0 aromatic carbocycles. The van der Waals surface area contributed by atoms with Gasteiger partial charge in [0.15, 0.2) is 0 Å². The van der Waals surface area contributed by atoms with Crippen molar-refractivity contribution in [1.29, 1.82) is 0 Å². The fourth-order valence-corrected chi connectivity index (χ4v) is 5.77. The summed E-state index contributed by atoms with van der Waals surface area (Å²) < 4.78 is 1.20. The maximum atomic E-state index is 6.45. The lowest BCUT2D eigenvalue weighted by atomic mass is 9.98. The Bertz CT molecular complexity index is 920. The van der Waals surface area contributed by atoms with Crippen molar-refractivity contribution in [3.05, 3.63) is 38.2 Å². The molecule has 0 spiro atoms. The summed E-state index contributed by atoms with van der Waals surface area (Å²) in [4.78, 5) is 10.5. The van der Waals surface area contributed by atoms with Crippen LogP contribution in [0.3, 0.4) is 0 Å². The zero-order valence-electron chi connectivity index (χ0n) is 16.1. The maximum absolute atomic E-state index is 6.45. The van der Waals surface area contributed by atoms with Crippen molar-refractivity contribution in [3.8, 4) is 0 Å². The van der Waals surface area contributed by atoms with Gasteiger partial charge >= 0.3 is 0 Å². The summed E-state index contributed by atoms with van der Waals surface area (Å²) in [5.74, 6) is 1.24. The number of hydrogen-bond acceptors (Lipinski definition) is 6. The highest BCUT2D eigenvalue weighted by Crippen LogP contribution is 2.49. The topological polar surface area (TPSA) is 63.8 Å². The van der Waals surface area contributed by atoms with Gasteiger partial charge in [0.05, 0.1) is 22.4 Å². The standard InChI is InChI=1S/C20H25ClN4S2.ClH/c1-11(2)7-13(22)8-15-18(12-3-4-12)19-20(27-15)14(9-16(21)25-19)24-10-17-23-5-6-26-17;/h5-6,9,11-13H,3-4,7-8,10,22H2,1-2H3,(H,24,25);1H/t13-;/m0./s1. The van der Waals surface area contributed by atoms with Gasteiger partial charge in [-0.25, -0.2) is 9.97 Å². The minimum absolute atomic E-state index is 0. The number of anilines is 1. The van der Waals surface area contributed by atoms with Crippen LogP contribution >= 0.6 is 46.7 Å². The normalized spacial score (nSPS) is 15.0. The lowest BCUT2D eigenvalue weighted by Crippen LogP contribution is -2.24. The summed E-state index contributed by atoms with van der Waals surface area (Å²) in [5, 5.41) is 7.12. The third-order valence-corrected chi connectivity index (χ3v) is 7.07. The molecule has 8 heteroatoms. The van der Waals surface area contributed by atoms with E-state index >= 15 is 0 Å². The predicted molar refractivity (Wildman–Crippen MR) is 124 cm³/mol. The van der Waals surface area contributed by atoms with Crippen molar-refractivity contribution in [2.24, 2.45) is 11.7 Å². The first kappa shape index (κ1) is 21.8. The van der Waals surface area contributed by atoms with Gasteiger partial charge in [-0.1, -0.05) is 25.4 Å². The number of pyridine rings is 1. The Balaban J connectivity index is 0.00000225. The molecule has 0 amide bonds. The van der Waals surface area contributed by atoms with Gasteiger partial charge in [0.2, 0.25) is 0 Å². The Morgan fingerprint density at radius 1 is 1.36 bits per heavy atom. The van der Waals surface area contributed by atoms with Crippen LogP contribution < -0.4 is 11.1 Å². The van der Waals surface area contributed by atoms with Crippen LogP contribution in [0.4, 0.5) is 5.69 Å². The molecule has 1 saturated carbocycles. The highest BCUT2D eigenvalue weighted by atomic mass is 35.5. The van der Waals surface area contributed by atoms with Crippen molar-refractivity contribution < 1.29 is 0 Å². The molecule has 3 N–H and O–H groups in total. The summed E-state index contributed by atoms with van der Waals surface area (Å²) in [6.07, 6.45) is 6.29. The predicted octanol–water partition coefficient (Wildman–Crippen LogP) is 6.23. The van der Waals surface area contributed by atoms with Crippen LogP contribution in [0.1, 0.15) is 54.5 Å². The van der Waals surface area contributed by atoms with E-state index < -0.39 is 0 Å². The summed E-state index contributed by atoms with van der Waals surface area (Å²) >= 11 is 9.87. The minimum Gasteiger partial charge on any atom is -0.377 e. The van der Waals surface area contributed by atoms with E-state index in [1.54, 1.807) is 11.3 Å². The average molecular weight is 457 g/mol. The molecule has 1 fully saturated rings. The zero-order chi connectivity index (χ0) is 19.0. The number of nitrogens with two attached hydrogens (primary N) is 1. The molecule has 0 saturated heterocycles. The van der Waals surface area contributed by atoms with Crippen LogP contribution in [0.15, 0.2) is 17.6 Å². The van der Waals surface area contributed by atoms with Crippen molar-refractivity contribution in [2.45, 2.75) is 58.0 Å². The van der Waals surface area contributed by atoms with Crippen LogP contribution in [-0.4, -0.2) is 16.0 Å². The lowest BCUT2D eigenvalue weighted by Gasteiger charge is -2.14. The molecular weight excluding hydrogens is 431 g/mol. The largest absolute Gasteiger partial charge is 0.377 e. The summed E-state index contributed by atoms with van der Waals surface area (Å²) in [7, 11) is 0. The van der Waals surface area contributed by atoms with E-state index in [4.69, 9.17) is 22.3 Å². The maximum Gasteiger partial charge on any atom is 0.131 e. The first-order valence-corrected chi connectivity index (χ1v) is 11.6. The number of nitrogens with zero attached hydrogens (tertiary/aromatic N) is 2. The van der Waals surface area contributed by atoms with E-state index in [0.717, 1.165) is 29.1 Å². The molecule has 28 heavy (non-hydrogen) atoms. The second-order valence-corrected chi connectivity index (χ2v) is 10.2. The number of aromatic nitrogens is 2. The molecule has 3 heterocycles. The Kier molecular flexibility index (Phi) is 7.21. The summed E-state index contributed by atoms with van der Waals surface area (Å²) in [6.45, 7) is 5.16.